The number of nitrogens with one attached hydrogen (secondary N) is 2. The number of nitrogens with two attached hydrogens (primary N) is 1. The molecule has 0 aliphatic rings. The number of carbonyl (C=O) groups excluding carboxylic acids is 1. The highest BCUT2D eigenvalue weighted by Crippen LogP contribution is 2.30. The van der Waals surface area contributed by atoms with E-state index in [1.165, 1.54) is 6.07 Å². The summed E-state index contributed by atoms with van der Waals surface area (Å²) in [5.74, 6) is -0.0718. The SMILES string of the molecule is Nc1cc(C(=O)Nc2cccc(Cl)c2Br)[nH]n1. The molecule has 4 N–H and O–H groups in total. The largest absolute Gasteiger partial charge is 0.382 e. The van der Waals surface area contributed by atoms with E-state index in [1.54, 1.807) is 18.2 Å². The van der Waals surface area contributed by atoms with Crippen molar-refractivity contribution in [3.05, 3.63) is 39.5 Å². The van der Waals surface area contributed by atoms with Crippen LogP contribution < -0.4 is 11.1 Å². The smallest absolute Gasteiger partial charge is 0.273 e. The van der Waals surface area contributed by atoms with Crippen molar-refractivity contribution in [1.82, 2.24) is 10.2 Å². The van der Waals surface area contributed by atoms with Crippen LogP contribution in [0.15, 0.2) is 28.7 Å². The van der Waals surface area contributed by atoms with Crippen molar-refractivity contribution in [2.24, 2.45) is 0 Å². The summed E-state index contributed by atoms with van der Waals surface area (Å²) in [6.07, 6.45) is 0. The quantitative estimate of drug-likeness (QED) is 0.796. The second-order valence-electron chi connectivity index (χ2n) is 3.26. The van der Waals surface area contributed by atoms with Crippen molar-refractivity contribution in [2.75, 3.05) is 11.1 Å². The van der Waals surface area contributed by atoms with Crippen molar-refractivity contribution in [1.29, 1.82) is 0 Å². The van der Waals surface area contributed by atoms with E-state index in [0.717, 1.165) is 0 Å². The molecule has 0 aliphatic heterocycles. The monoisotopic (exact) mass is 314 g/mol. The molecule has 0 fully saturated rings. The third-order valence-electron chi connectivity index (χ3n) is 2.04. The summed E-state index contributed by atoms with van der Waals surface area (Å²) in [4.78, 5) is 11.8. The maximum atomic E-state index is 11.8. The number of anilines is 2. The number of nitrogens with zero attached hydrogens (tertiary/aromatic N) is 1. The Hall–Kier alpha value is -1.53. The predicted octanol–water partition coefficient (Wildman–Crippen LogP) is 2.66. The normalized spacial score (nSPS) is 10.2. The van der Waals surface area contributed by atoms with Gasteiger partial charge in [-0.2, -0.15) is 5.10 Å². The number of hydrogen-bond donors (Lipinski definition) is 3. The van der Waals surface area contributed by atoms with Crippen LogP contribution in [0.2, 0.25) is 5.02 Å². The van der Waals surface area contributed by atoms with E-state index in [0.29, 0.717) is 15.2 Å². The molecule has 0 spiro atoms. The molecule has 0 radical (unpaired) electrons. The zero-order chi connectivity index (χ0) is 12.4. The molecule has 0 atom stereocenters. The van der Waals surface area contributed by atoms with Crippen LogP contribution in [0, 0.1) is 0 Å². The van der Waals surface area contributed by atoms with Gasteiger partial charge in [-0.3, -0.25) is 9.89 Å². The van der Waals surface area contributed by atoms with Crippen LogP contribution in [0.4, 0.5) is 11.5 Å². The first-order chi connectivity index (χ1) is 8.08. The number of rotatable bonds is 2. The maximum Gasteiger partial charge on any atom is 0.273 e. The summed E-state index contributed by atoms with van der Waals surface area (Å²) >= 11 is 9.20. The predicted molar refractivity (Wildman–Crippen MR) is 70.1 cm³/mol. The average Bonchev–Trinajstić information content (AvgIpc) is 2.72. The Bertz CT molecular complexity index is 569. The molecule has 88 valence electrons. The summed E-state index contributed by atoms with van der Waals surface area (Å²) in [6, 6.07) is 6.64. The van der Waals surface area contributed by atoms with E-state index in [4.69, 9.17) is 17.3 Å². The van der Waals surface area contributed by atoms with Gasteiger partial charge in [0, 0.05) is 6.07 Å². The Balaban J connectivity index is 2.21. The van der Waals surface area contributed by atoms with Crippen molar-refractivity contribution in [3.63, 3.8) is 0 Å². The molecule has 0 bridgehead atoms. The number of benzene rings is 1. The molecule has 17 heavy (non-hydrogen) atoms. The molecule has 0 unspecified atom stereocenters. The van der Waals surface area contributed by atoms with Crippen LogP contribution >= 0.6 is 27.5 Å². The lowest BCUT2D eigenvalue weighted by atomic mass is 10.3. The lowest BCUT2D eigenvalue weighted by Gasteiger charge is -2.06. The fourth-order valence-electron chi connectivity index (χ4n) is 1.24. The molecule has 0 saturated heterocycles. The number of amides is 1. The van der Waals surface area contributed by atoms with Crippen molar-refractivity contribution in [2.45, 2.75) is 0 Å². The minimum absolute atomic E-state index is 0.264. The van der Waals surface area contributed by atoms with Gasteiger partial charge >= 0.3 is 0 Å². The molecule has 7 heteroatoms. The zero-order valence-electron chi connectivity index (χ0n) is 8.50. The Morgan fingerprint density at radius 1 is 1.53 bits per heavy atom. The van der Waals surface area contributed by atoms with E-state index in [9.17, 15) is 4.79 Å². The van der Waals surface area contributed by atoms with Gasteiger partial charge in [-0.1, -0.05) is 17.7 Å². The molecule has 2 aromatic rings. The first kappa shape index (κ1) is 11.9. The second-order valence-corrected chi connectivity index (χ2v) is 4.46. The Morgan fingerprint density at radius 3 is 2.94 bits per heavy atom. The van der Waals surface area contributed by atoms with E-state index in [2.05, 4.69) is 31.4 Å². The summed E-state index contributed by atoms with van der Waals surface area (Å²) < 4.78 is 0.627. The number of carbonyl (C=O) groups is 1. The van der Waals surface area contributed by atoms with Gasteiger partial charge in [-0.05, 0) is 28.1 Å². The Morgan fingerprint density at radius 2 is 2.29 bits per heavy atom. The van der Waals surface area contributed by atoms with Crippen molar-refractivity contribution >= 4 is 44.9 Å². The zero-order valence-corrected chi connectivity index (χ0v) is 10.8. The first-order valence-electron chi connectivity index (χ1n) is 4.64. The van der Waals surface area contributed by atoms with Gasteiger partial charge in [0.25, 0.3) is 5.91 Å². The molecule has 1 aromatic carbocycles. The summed E-state index contributed by atoms with van der Waals surface area (Å²) in [7, 11) is 0. The number of aromatic nitrogens is 2. The molecule has 0 saturated carbocycles. The third-order valence-corrected chi connectivity index (χ3v) is 3.44. The van der Waals surface area contributed by atoms with E-state index in [1.807, 2.05) is 0 Å². The van der Waals surface area contributed by atoms with E-state index >= 15 is 0 Å². The van der Waals surface area contributed by atoms with E-state index < -0.39 is 0 Å². The molecule has 1 heterocycles. The van der Waals surface area contributed by atoms with Gasteiger partial charge in [-0.15, -0.1) is 0 Å². The molecule has 1 aromatic heterocycles. The highest BCUT2D eigenvalue weighted by Gasteiger charge is 2.11. The number of aromatic amines is 1. The lowest BCUT2D eigenvalue weighted by Crippen LogP contribution is -2.12. The molecule has 5 nitrogen and oxygen atoms in total. The van der Waals surface area contributed by atoms with Crippen LogP contribution in [0.3, 0.4) is 0 Å². The first-order valence-corrected chi connectivity index (χ1v) is 5.81. The Kier molecular flexibility index (Phi) is 3.35. The summed E-state index contributed by atoms with van der Waals surface area (Å²) in [6.45, 7) is 0. The lowest BCUT2D eigenvalue weighted by molar-refractivity contribution is 0.102. The highest BCUT2D eigenvalue weighted by atomic mass is 79.9. The van der Waals surface area contributed by atoms with Crippen LogP contribution in [0.5, 0.6) is 0 Å². The fraction of sp³-hybridized carbons (Fsp3) is 0. The minimum atomic E-state index is -0.336. The van der Waals surface area contributed by atoms with Gasteiger partial charge in [-0.25, -0.2) is 0 Å². The fourth-order valence-corrected chi connectivity index (χ4v) is 1.78. The van der Waals surface area contributed by atoms with Gasteiger partial charge < -0.3 is 11.1 Å². The standard InChI is InChI=1S/C10H8BrClN4O/c11-9-5(12)2-1-3-6(9)14-10(17)7-4-8(13)16-15-7/h1-4H,(H,14,17)(H3,13,15,16). The minimum Gasteiger partial charge on any atom is -0.382 e. The average molecular weight is 316 g/mol. The van der Waals surface area contributed by atoms with E-state index in [-0.39, 0.29) is 17.4 Å². The number of halogens is 2. The second kappa shape index (κ2) is 4.77. The number of nitrogen functional groups attached to an aromatic ring is 1. The van der Waals surface area contributed by atoms with Crippen LogP contribution in [0.25, 0.3) is 0 Å². The van der Waals surface area contributed by atoms with Gasteiger partial charge in [0.05, 0.1) is 15.2 Å². The molecular formula is C10H8BrClN4O. The van der Waals surface area contributed by atoms with Gasteiger partial charge in [0.15, 0.2) is 0 Å². The maximum absolute atomic E-state index is 11.8. The van der Waals surface area contributed by atoms with Crippen LogP contribution in [0.1, 0.15) is 10.5 Å². The number of hydrogen-bond acceptors (Lipinski definition) is 3. The van der Waals surface area contributed by atoms with Gasteiger partial charge in [0.1, 0.15) is 11.5 Å². The molecule has 0 aliphatic carbocycles. The molecular weight excluding hydrogens is 307 g/mol. The topological polar surface area (TPSA) is 83.8 Å². The van der Waals surface area contributed by atoms with Crippen molar-refractivity contribution < 1.29 is 4.79 Å². The summed E-state index contributed by atoms with van der Waals surface area (Å²) in [5.41, 5.74) is 6.28. The van der Waals surface area contributed by atoms with Crippen molar-refractivity contribution in [3.8, 4) is 0 Å². The van der Waals surface area contributed by atoms with Gasteiger partial charge in [0.2, 0.25) is 0 Å². The van der Waals surface area contributed by atoms with Crippen LogP contribution in [-0.4, -0.2) is 16.1 Å². The third kappa shape index (κ3) is 2.59. The Labute approximate surface area is 110 Å². The number of H-pyrrole nitrogens is 1. The summed E-state index contributed by atoms with van der Waals surface area (Å²) in [5, 5.41) is 9.40. The highest BCUT2D eigenvalue weighted by molar-refractivity contribution is 9.10. The van der Waals surface area contributed by atoms with Crippen LogP contribution in [-0.2, 0) is 0 Å². The molecule has 2 rings (SSSR count). The molecule has 1 amide bonds.